The first kappa shape index (κ1) is 45.9. The molecule has 0 spiro atoms. The van der Waals surface area contributed by atoms with Gasteiger partial charge in [-0.25, -0.2) is 0 Å². The maximum absolute atomic E-state index is 6.95. The van der Waals surface area contributed by atoms with E-state index in [-0.39, 0.29) is 0 Å². The summed E-state index contributed by atoms with van der Waals surface area (Å²) >= 11 is 2.46. The monoisotopic (exact) mass is 812 g/mol. The van der Waals surface area contributed by atoms with Crippen LogP contribution in [-0.2, 0) is 0 Å². The summed E-state index contributed by atoms with van der Waals surface area (Å²) in [6.07, 6.45) is 18.7. The predicted molar refractivity (Wildman–Crippen MR) is 225 cm³/mol. The molecule has 0 aromatic heterocycles. The lowest BCUT2D eigenvalue weighted by Gasteiger charge is -2.27. The summed E-state index contributed by atoms with van der Waals surface area (Å²) in [5.41, 5.74) is 4.51. The number of rotatable bonds is 28. The molecule has 284 valence electrons. The standard InChI is InChI=1S/C43H77IO4Si/c1-12-20-24-34(16-5)30-45-40-38(28-29-49(9,10)11)41(46-31-35(17-6)25-21-13-2)43(48-33-37(19-8)27-23-15-4)39(44)42(40)47-32-36(18-7)26-22-14-3/h34-37H,12-27,30-33H2,1-11H3. The van der Waals surface area contributed by atoms with E-state index in [1.54, 1.807) is 0 Å². The van der Waals surface area contributed by atoms with Gasteiger partial charge >= 0.3 is 0 Å². The molecule has 49 heavy (non-hydrogen) atoms. The molecule has 1 aromatic carbocycles. The van der Waals surface area contributed by atoms with Crippen molar-refractivity contribution in [2.45, 2.75) is 178 Å². The molecule has 0 saturated carbocycles. The Balaban J connectivity index is 4.01. The molecule has 1 aromatic rings. The van der Waals surface area contributed by atoms with Gasteiger partial charge < -0.3 is 18.9 Å². The molecule has 6 heteroatoms. The van der Waals surface area contributed by atoms with Crippen LogP contribution in [-0.4, -0.2) is 34.5 Å². The lowest BCUT2D eigenvalue weighted by atomic mass is 10.00. The molecular formula is C43H77IO4Si. The van der Waals surface area contributed by atoms with Crippen molar-refractivity contribution in [3.8, 4) is 34.5 Å². The van der Waals surface area contributed by atoms with Gasteiger partial charge in [-0.1, -0.05) is 158 Å². The second-order valence-electron chi connectivity index (χ2n) is 15.4. The van der Waals surface area contributed by atoms with Crippen molar-refractivity contribution in [1.29, 1.82) is 0 Å². The maximum atomic E-state index is 6.95. The Kier molecular flexibility index (Phi) is 25.0. The zero-order valence-electron chi connectivity index (χ0n) is 34.0. The van der Waals surface area contributed by atoms with E-state index in [1.165, 1.54) is 77.0 Å². The molecule has 0 aliphatic heterocycles. The Labute approximate surface area is 319 Å². The highest BCUT2D eigenvalue weighted by Gasteiger charge is 2.30. The fraction of sp³-hybridized carbons (Fsp3) is 0.814. The summed E-state index contributed by atoms with van der Waals surface area (Å²) in [6, 6.07) is 0. The van der Waals surface area contributed by atoms with Crippen LogP contribution in [0.2, 0.25) is 19.6 Å². The Bertz CT molecular complexity index is 1010. The molecule has 0 aliphatic rings. The first-order valence-corrected chi connectivity index (χ1v) is 25.0. The van der Waals surface area contributed by atoms with E-state index in [0.29, 0.717) is 50.1 Å². The van der Waals surface area contributed by atoms with E-state index < -0.39 is 8.07 Å². The number of hydrogen-bond acceptors (Lipinski definition) is 4. The largest absolute Gasteiger partial charge is 0.488 e. The van der Waals surface area contributed by atoms with Gasteiger partial charge in [-0.15, -0.1) is 5.54 Å². The van der Waals surface area contributed by atoms with Crippen LogP contribution in [0.3, 0.4) is 0 Å². The zero-order valence-corrected chi connectivity index (χ0v) is 37.1. The third kappa shape index (κ3) is 17.8. The van der Waals surface area contributed by atoms with Gasteiger partial charge in [-0.2, -0.15) is 0 Å². The van der Waals surface area contributed by atoms with Crippen LogP contribution in [0.15, 0.2) is 0 Å². The highest BCUT2D eigenvalue weighted by molar-refractivity contribution is 14.1. The minimum atomic E-state index is -1.74. The zero-order chi connectivity index (χ0) is 36.7. The Morgan fingerprint density at radius 1 is 0.490 bits per heavy atom. The van der Waals surface area contributed by atoms with Crippen LogP contribution < -0.4 is 18.9 Å². The summed E-state index contributed by atoms with van der Waals surface area (Å²) in [5, 5.41) is 0. The predicted octanol–water partition coefficient (Wildman–Crippen LogP) is 13.9. The summed E-state index contributed by atoms with van der Waals surface area (Å²) in [7, 11) is -1.74. The second-order valence-corrected chi connectivity index (χ2v) is 21.2. The fourth-order valence-electron chi connectivity index (χ4n) is 5.93. The maximum Gasteiger partial charge on any atom is 0.181 e. The smallest absolute Gasteiger partial charge is 0.181 e. The third-order valence-corrected chi connectivity index (χ3v) is 11.7. The molecule has 0 saturated heterocycles. The van der Waals surface area contributed by atoms with E-state index in [9.17, 15) is 0 Å². The van der Waals surface area contributed by atoms with Crippen molar-refractivity contribution in [1.82, 2.24) is 0 Å². The molecule has 0 aliphatic carbocycles. The van der Waals surface area contributed by atoms with E-state index in [1.807, 2.05) is 0 Å². The molecular weight excluding hydrogens is 735 g/mol. The van der Waals surface area contributed by atoms with E-state index in [2.05, 4.69) is 109 Å². The van der Waals surface area contributed by atoms with Crippen molar-refractivity contribution < 1.29 is 18.9 Å². The van der Waals surface area contributed by atoms with Crippen molar-refractivity contribution in [2.75, 3.05) is 26.4 Å². The molecule has 1 rings (SSSR count). The van der Waals surface area contributed by atoms with Crippen molar-refractivity contribution in [3.63, 3.8) is 0 Å². The molecule has 0 fully saturated rings. The van der Waals surface area contributed by atoms with Crippen LogP contribution in [0, 0.1) is 38.7 Å². The van der Waals surface area contributed by atoms with Crippen LogP contribution in [0.25, 0.3) is 0 Å². The lowest BCUT2D eigenvalue weighted by molar-refractivity contribution is 0.181. The van der Waals surface area contributed by atoms with Gasteiger partial charge in [0.25, 0.3) is 0 Å². The molecule has 0 bridgehead atoms. The van der Waals surface area contributed by atoms with Crippen LogP contribution in [0.4, 0.5) is 0 Å². The SMILES string of the molecule is CCCCC(CC)COc1c(I)c(OCC(CC)CCCC)c(OCC(CC)CCCC)c(C#C[Si](C)(C)C)c1OCC(CC)CCCC. The number of unbranched alkanes of at least 4 members (excludes halogenated alkanes) is 4. The summed E-state index contributed by atoms with van der Waals surface area (Å²) in [6.45, 7) is 27.8. The lowest BCUT2D eigenvalue weighted by Crippen LogP contribution is -2.19. The number of halogens is 1. The van der Waals surface area contributed by atoms with Gasteiger partial charge in [0.05, 0.1) is 26.4 Å². The van der Waals surface area contributed by atoms with E-state index in [0.717, 1.165) is 57.8 Å². The summed E-state index contributed by atoms with van der Waals surface area (Å²) < 4.78 is 28.7. The Hall–Kier alpha value is -1.07. The molecule has 0 N–H and O–H groups in total. The molecule has 0 radical (unpaired) electrons. The minimum absolute atomic E-state index is 0.485. The number of benzene rings is 1. The van der Waals surface area contributed by atoms with Gasteiger partial charge in [-0.05, 0) is 71.9 Å². The topological polar surface area (TPSA) is 36.9 Å². The van der Waals surface area contributed by atoms with Crippen molar-refractivity contribution in [3.05, 3.63) is 9.13 Å². The summed E-state index contributed by atoms with van der Waals surface area (Å²) in [5.74, 6) is 8.74. The number of hydrogen-bond donors (Lipinski definition) is 0. The quantitative estimate of drug-likeness (QED) is 0.0480. The molecule has 0 heterocycles. The second kappa shape index (κ2) is 26.7. The van der Waals surface area contributed by atoms with Crippen molar-refractivity contribution >= 4 is 30.7 Å². The average molecular weight is 813 g/mol. The third-order valence-electron chi connectivity index (χ3n) is 9.85. The molecule has 0 amide bonds. The van der Waals surface area contributed by atoms with Gasteiger partial charge in [0.15, 0.2) is 23.0 Å². The first-order chi connectivity index (χ1) is 23.5. The van der Waals surface area contributed by atoms with Crippen LogP contribution >= 0.6 is 22.6 Å². The van der Waals surface area contributed by atoms with E-state index >= 15 is 0 Å². The van der Waals surface area contributed by atoms with Crippen molar-refractivity contribution in [2.24, 2.45) is 23.7 Å². The van der Waals surface area contributed by atoms with E-state index in [4.69, 9.17) is 18.9 Å². The van der Waals surface area contributed by atoms with Gasteiger partial charge in [0, 0.05) is 0 Å². The molecule has 4 unspecified atom stereocenters. The minimum Gasteiger partial charge on any atom is -0.488 e. The highest BCUT2D eigenvalue weighted by Crippen LogP contribution is 2.50. The van der Waals surface area contributed by atoms with Gasteiger partial charge in [-0.3, -0.25) is 0 Å². The Morgan fingerprint density at radius 3 is 1.02 bits per heavy atom. The van der Waals surface area contributed by atoms with Gasteiger partial charge in [0.2, 0.25) is 0 Å². The molecule has 4 atom stereocenters. The average Bonchev–Trinajstić information content (AvgIpc) is 3.09. The van der Waals surface area contributed by atoms with Crippen LogP contribution in [0.1, 0.15) is 164 Å². The first-order valence-electron chi connectivity index (χ1n) is 20.5. The molecule has 4 nitrogen and oxygen atoms in total. The summed E-state index contributed by atoms with van der Waals surface area (Å²) in [4.78, 5) is 0. The van der Waals surface area contributed by atoms with Crippen LogP contribution in [0.5, 0.6) is 23.0 Å². The highest BCUT2D eigenvalue weighted by atomic mass is 127. The van der Waals surface area contributed by atoms with Gasteiger partial charge in [0.1, 0.15) is 17.2 Å². The normalized spacial score (nSPS) is 14.0. The Morgan fingerprint density at radius 2 is 0.776 bits per heavy atom. The fourth-order valence-corrected chi connectivity index (χ4v) is 7.23. The number of ether oxygens (including phenoxy) is 4.